The van der Waals surface area contributed by atoms with Gasteiger partial charge >= 0.3 is 0 Å². The van der Waals surface area contributed by atoms with Crippen molar-refractivity contribution in [3.8, 4) is 5.75 Å². The molecule has 0 saturated carbocycles. The van der Waals surface area contributed by atoms with Gasteiger partial charge < -0.3 is 20.1 Å². The van der Waals surface area contributed by atoms with E-state index in [4.69, 9.17) is 15.2 Å². The SMILES string of the molecule is CCOCCN(C)C(=O)c1cc(OC)ccc1N. The first-order chi connectivity index (χ1) is 8.60. The number of hydrogen-bond donors (Lipinski definition) is 1. The highest BCUT2D eigenvalue weighted by atomic mass is 16.5. The van der Waals surface area contributed by atoms with Crippen LogP contribution in [0.5, 0.6) is 5.75 Å². The van der Waals surface area contributed by atoms with Gasteiger partial charge in [-0.25, -0.2) is 0 Å². The number of ether oxygens (including phenoxy) is 2. The molecule has 0 fully saturated rings. The van der Waals surface area contributed by atoms with Crippen molar-refractivity contribution in [2.45, 2.75) is 6.92 Å². The Kier molecular flexibility index (Phi) is 5.45. The van der Waals surface area contributed by atoms with Crippen molar-refractivity contribution >= 4 is 11.6 Å². The minimum atomic E-state index is -0.133. The lowest BCUT2D eigenvalue weighted by Gasteiger charge is -2.18. The number of hydrogen-bond acceptors (Lipinski definition) is 4. The molecule has 0 atom stereocenters. The summed E-state index contributed by atoms with van der Waals surface area (Å²) in [4.78, 5) is 13.7. The van der Waals surface area contributed by atoms with E-state index in [9.17, 15) is 4.79 Å². The van der Waals surface area contributed by atoms with Crippen LogP contribution in [0.1, 0.15) is 17.3 Å². The van der Waals surface area contributed by atoms with E-state index in [-0.39, 0.29) is 5.91 Å². The molecule has 0 saturated heterocycles. The minimum absolute atomic E-state index is 0.133. The second-order valence-electron chi connectivity index (χ2n) is 3.88. The van der Waals surface area contributed by atoms with Crippen molar-refractivity contribution in [3.05, 3.63) is 23.8 Å². The number of carbonyl (C=O) groups is 1. The van der Waals surface area contributed by atoms with E-state index in [1.807, 2.05) is 6.92 Å². The zero-order valence-corrected chi connectivity index (χ0v) is 11.1. The molecule has 0 unspecified atom stereocenters. The van der Waals surface area contributed by atoms with E-state index in [1.54, 1.807) is 37.3 Å². The van der Waals surface area contributed by atoms with Crippen LogP contribution in [0.25, 0.3) is 0 Å². The number of rotatable bonds is 6. The predicted octanol–water partition coefficient (Wildman–Crippen LogP) is 1.39. The van der Waals surface area contributed by atoms with Crippen molar-refractivity contribution in [2.24, 2.45) is 0 Å². The second-order valence-corrected chi connectivity index (χ2v) is 3.88. The molecule has 1 aromatic carbocycles. The fraction of sp³-hybridized carbons (Fsp3) is 0.462. The zero-order chi connectivity index (χ0) is 13.5. The van der Waals surface area contributed by atoms with Crippen molar-refractivity contribution in [3.63, 3.8) is 0 Å². The first kappa shape index (κ1) is 14.3. The molecule has 5 heteroatoms. The number of methoxy groups -OCH3 is 1. The highest BCUT2D eigenvalue weighted by molar-refractivity contribution is 5.99. The largest absolute Gasteiger partial charge is 0.497 e. The fourth-order valence-corrected chi connectivity index (χ4v) is 1.50. The lowest BCUT2D eigenvalue weighted by atomic mass is 10.1. The van der Waals surface area contributed by atoms with Gasteiger partial charge in [0.25, 0.3) is 5.91 Å². The topological polar surface area (TPSA) is 64.8 Å². The standard InChI is InChI=1S/C13H20N2O3/c1-4-18-8-7-15(2)13(16)11-9-10(17-3)5-6-12(11)14/h5-6,9H,4,7-8,14H2,1-3H3. The van der Waals surface area contributed by atoms with Crippen LogP contribution in [0.4, 0.5) is 5.69 Å². The Balaban J connectivity index is 2.76. The number of likely N-dealkylation sites (N-methyl/N-ethyl adjacent to an activating group) is 1. The Bertz CT molecular complexity index is 407. The molecule has 1 amide bonds. The van der Waals surface area contributed by atoms with Crippen LogP contribution in [-0.4, -0.2) is 44.7 Å². The smallest absolute Gasteiger partial charge is 0.255 e. The maximum Gasteiger partial charge on any atom is 0.255 e. The van der Waals surface area contributed by atoms with Gasteiger partial charge in [-0.2, -0.15) is 0 Å². The van der Waals surface area contributed by atoms with E-state index in [2.05, 4.69) is 0 Å². The second kappa shape index (κ2) is 6.86. The van der Waals surface area contributed by atoms with Crippen LogP contribution >= 0.6 is 0 Å². The van der Waals surface area contributed by atoms with Gasteiger partial charge in [0.2, 0.25) is 0 Å². The van der Waals surface area contributed by atoms with E-state index in [0.29, 0.717) is 36.8 Å². The highest BCUT2D eigenvalue weighted by Gasteiger charge is 2.15. The van der Waals surface area contributed by atoms with Gasteiger partial charge in [0.15, 0.2) is 0 Å². The number of anilines is 1. The third kappa shape index (κ3) is 3.63. The van der Waals surface area contributed by atoms with Gasteiger partial charge in [-0.15, -0.1) is 0 Å². The molecule has 0 bridgehead atoms. The number of amides is 1. The number of carbonyl (C=O) groups excluding carboxylic acids is 1. The van der Waals surface area contributed by atoms with Crippen LogP contribution in [0.2, 0.25) is 0 Å². The summed E-state index contributed by atoms with van der Waals surface area (Å²) in [6.45, 7) is 3.61. The van der Waals surface area contributed by atoms with E-state index >= 15 is 0 Å². The zero-order valence-electron chi connectivity index (χ0n) is 11.1. The Morgan fingerprint density at radius 2 is 2.17 bits per heavy atom. The molecule has 18 heavy (non-hydrogen) atoms. The summed E-state index contributed by atoms with van der Waals surface area (Å²) in [7, 11) is 3.28. The summed E-state index contributed by atoms with van der Waals surface area (Å²) in [6.07, 6.45) is 0. The van der Waals surface area contributed by atoms with Crippen LogP contribution in [0.15, 0.2) is 18.2 Å². The predicted molar refractivity (Wildman–Crippen MR) is 70.9 cm³/mol. The summed E-state index contributed by atoms with van der Waals surface area (Å²) >= 11 is 0. The van der Waals surface area contributed by atoms with Crippen molar-refractivity contribution in [2.75, 3.05) is 39.6 Å². The first-order valence-corrected chi connectivity index (χ1v) is 5.86. The Hall–Kier alpha value is -1.75. The molecule has 0 aromatic heterocycles. The average Bonchev–Trinajstić information content (AvgIpc) is 2.38. The van der Waals surface area contributed by atoms with Crippen molar-refractivity contribution in [1.82, 2.24) is 4.90 Å². The summed E-state index contributed by atoms with van der Waals surface area (Å²) in [5.74, 6) is 0.483. The van der Waals surface area contributed by atoms with Gasteiger partial charge in [0.05, 0.1) is 19.3 Å². The molecule has 1 aromatic rings. The molecule has 0 spiro atoms. The third-order valence-electron chi connectivity index (χ3n) is 2.61. The molecule has 2 N–H and O–H groups in total. The van der Waals surface area contributed by atoms with Crippen LogP contribution in [-0.2, 0) is 4.74 Å². The van der Waals surface area contributed by atoms with Crippen LogP contribution in [0, 0.1) is 0 Å². The molecule has 0 heterocycles. The third-order valence-corrected chi connectivity index (χ3v) is 2.61. The lowest BCUT2D eigenvalue weighted by Crippen LogP contribution is -2.30. The Morgan fingerprint density at radius 1 is 1.44 bits per heavy atom. The van der Waals surface area contributed by atoms with E-state index in [0.717, 1.165) is 0 Å². The van der Waals surface area contributed by atoms with Crippen LogP contribution < -0.4 is 10.5 Å². The molecular formula is C13H20N2O3. The number of nitrogens with two attached hydrogens (primary N) is 1. The minimum Gasteiger partial charge on any atom is -0.497 e. The average molecular weight is 252 g/mol. The summed E-state index contributed by atoms with van der Waals surface area (Å²) in [5, 5.41) is 0. The quantitative estimate of drug-likeness (QED) is 0.613. The van der Waals surface area contributed by atoms with Crippen molar-refractivity contribution in [1.29, 1.82) is 0 Å². The molecule has 0 radical (unpaired) electrons. The normalized spacial score (nSPS) is 10.2. The maximum atomic E-state index is 12.2. The van der Waals surface area contributed by atoms with Gasteiger partial charge in [-0.1, -0.05) is 0 Å². The van der Waals surface area contributed by atoms with E-state index < -0.39 is 0 Å². The number of benzene rings is 1. The maximum absolute atomic E-state index is 12.2. The Morgan fingerprint density at radius 3 is 2.78 bits per heavy atom. The highest BCUT2D eigenvalue weighted by Crippen LogP contribution is 2.20. The van der Waals surface area contributed by atoms with Crippen molar-refractivity contribution < 1.29 is 14.3 Å². The lowest BCUT2D eigenvalue weighted by molar-refractivity contribution is 0.0710. The summed E-state index contributed by atoms with van der Waals surface area (Å²) in [5.41, 5.74) is 6.70. The van der Waals surface area contributed by atoms with Gasteiger partial charge in [0.1, 0.15) is 5.75 Å². The first-order valence-electron chi connectivity index (χ1n) is 5.86. The van der Waals surface area contributed by atoms with E-state index in [1.165, 1.54) is 0 Å². The molecule has 1 rings (SSSR count). The molecule has 0 aliphatic rings. The van der Waals surface area contributed by atoms with Gasteiger partial charge in [-0.3, -0.25) is 4.79 Å². The molecule has 0 aliphatic heterocycles. The molecule has 0 aliphatic carbocycles. The fourth-order valence-electron chi connectivity index (χ4n) is 1.50. The van der Waals surface area contributed by atoms with Gasteiger partial charge in [0, 0.05) is 25.9 Å². The number of nitrogen functional groups attached to an aromatic ring is 1. The van der Waals surface area contributed by atoms with Crippen LogP contribution in [0.3, 0.4) is 0 Å². The summed E-state index contributed by atoms with van der Waals surface area (Å²) < 4.78 is 10.3. The molecule has 100 valence electrons. The molecular weight excluding hydrogens is 232 g/mol. The number of nitrogens with zero attached hydrogens (tertiary/aromatic N) is 1. The molecule has 5 nitrogen and oxygen atoms in total. The Labute approximate surface area is 107 Å². The summed E-state index contributed by atoms with van der Waals surface area (Å²) in [6, 6.07) is 5.05. The monoisotopic (exact) mass is 252 g/mol. The van der Waals surface area contributed by atoms with Gasteiger partial charge in [-0.05, 0) is 25.1 Å².